The largest absolute Gasteiger partial charge is 0.497 e. The molecule has 0 aliphatic rings. The number of amides is 1. The maximum atomic E-state index is 12.4. The van der Waals surface area contributed by atoms with Crippen LogP contribution < -0.4 is 10.1 Å². The fourth-order valence-corrected chi connectivity index (χ4v) is 4.00. The van der Waals surface area contributed by atoms with Crippen LogP contribution >= 0.6 is 11.8 Å². The van der Waals surface area contributed by atoms with Crippen LogP contribution in [-0.2, 0) is 11.2 Å². The van der Waals surface area contributed by atoms with E-state index < -0.39 is 0 Å². The minimum Gasteiger partial charge on any atom is -0.497 e. The first kappa shape index (κ1) is 19.7. The lowest BCUT2D eigenvalue weighted by Crippen LogP contribution is -2.14. The van der Waals surface area contributed by atoms with Crippen molar-refractivity contribution in [2.24, 2.45) is 0 Å². The van der Waals surface area contributed by atoms with E-state index in [1.807, 2.05) is 47.7 Å². The van der Waals surface area contributed by atoms with E-state index in [4.69, 9.17) is 10.00 Å². The van der Waals surface area contributed by atoms with Crippen molar-refractivity contribution in [3.63, 3.8) is 0 Å². The normalized spacial score (nSPS) is 10.8. The van der Waals surface area contributed by atoms with Crippen molar-refractivity contribution in [1.29, 1.82) is 5.26 Å². The Bertz CT molecular complexity index is 1270. The van der Waals surface area contributed by atoms with Gasteiger partial charge in [-0.2, -0.15) is 5.26 Å². The summed E-state index contributed by atoms with van der Waals surface area (Å²) in [6, 6.07) is 17.2. The Hall–Kier alpha value is -3.57. The molecular weight excluding hydrogens is 398 g/mol. The van der Waals surface area contributed by atoms with E-state index in [0.29, 0.717) is 17.3 Å². The topological polar surface area (TPSA) is 92.3 Å². The van der Waals surface area contributed by atoms with Crippen molar-refractivity contribution in [2.75, 3.05) is 18.2 Å². The number of nitriles is 1. The first-order valence-electron chi connectivity index (χ1n) is 9.30. The van der Waals surface area contributed by atoms with Gasteiger partial charge in [-0.05, 0) is 48.4 Å². The summed E-state index contributed by atoms with van der Waals surface area (Å²) in [7, 11) is 1.63. The molecule has 150 valence electrons. The van der Waals surface area contributed by atoms with Gasteiger partial charge in [0.25, 0.3) is 0 Å². The summed E-state index contributed by atoms with van der Waals surface area (Å²) in [4.78, 5) is 12.4. The SMILES string of the molecule is COc1ccc2c(C)cc3nnc(SCC(=O)Nc4ccc(CC#N)cc4)n3c2c1. The number of anilines is 1. The molecule has 0 atom stereocenters. The summed E-state index contributed by atoms with van der Waals surface area (Å²) in [6.07, 6.45) is 0.349. The molecule has 1 amide bonds. The van der Waals surface area contributed by atoms with Crippen LogP contribution in [0.5, 0.6) is 5.75 Å². The van der Waals surface area contributed by atoms with Gasteiger partial charge in [0.2, 0.25) is 5.91 Å². The number of rotatable bonds is 6. The molecule has 30 heavy (non-hydrogen) atoms. The van der Waals surface area contributed by atoms with Crippen molar-refractivity contribution < 1.29 is 9.53 Å². The third kappa shape index (κ3) is 3.93. The first-order valence-corrected chi connectivity index (χ1v) is 10.3. The number of fused-ring (bicyclic) bond motifs is 3. The number of nitrogens with one attached hydrogen (secondary N) is 1. The molecule has 2 heterocycles. The van der Waals surface area contributed by atoms with Crippen molar-refractivity contribution >= 4 is 39.9 Å². The Morgan fingerprint density at radius 1 is 1.20 bits per heavy atom. The van der Waals surface area contributed by atoms with Crippen LogP contribution in [0.2, 0.25) is 0 Å². The average molecular weight is 417 g/mol. The molecule has 4 rings (SSSR count). The number of aryl methyl sites for hydroxylation is 1. The number of pyridine rings is 1. The van der Waals surface area contributed by atoms with Gasteiger partial charge in [-0.1, -0.05) is 23.9 Å². The highest BCUT2D eigenvalue weighted by atomic mass is 32.2. The third-order valence-electron chi connectivity index (χ3n) is 4.73. The lowest BCUT2D eigenvalue weighted by Gasteiger charge is -2.09. The summed E-state index contributed by atoms with van der Waals surface area (Å²) >= 11 is 1.32. The molecule has 4 aromatic rings. The zero-order valence-corrected chi connectivity index (χ0v) is 17.4. The second kappa shape index (κ2) is 8.43. The molecule has 0 spiro atoms. The molecule has 0 radical (unpaired) electrons. The number of carbonyl (C=O) groups is 1. The van der Waals surface area contributed by atoms with E-state index in [-0.39, 0.29) is 11.7 Å². The number of methoxy groups -OCH3 is 1. The van der Waals surface area contributed by atoms with Crippen molar-refractivity contribution in [2.45, 2.75) is 18.5 Å². The van der Waals surface area contributed by atoms with Gasteiger partial charge in [0.05, 0.1) is 30.9 Å². The summed E-state index contributed by atoms with van der Waals surface area (Å²) in [5.74, 6) is 0.801. The van der Waals surface area contributed by atoms with Crippen LogP contribution in [0.15, 0.2) is 53.7 Å². The summed E-state index contributed by atoms with van der Waals surface area (Å²) in [5, 5.41) is 21.9. The number of benzene rings is 2. The molecule has 2 aromatic heterocycles. The Morgan fingerprint density at radius 3 is 2.73 bits per heavy atom. The molecule has 2 aromatic carbocycles. The van der Waals surface area contributed by atoms with E-state index in [1.54, 1.807) is 19.2 Å². The van der Waals surface area contributed by atoms with Crippen LogP contribution in [-0.4, -0.2) is 33.4 Å². The number of hydrogen-bond donors (Lipinski definition) is 1. The highest BCUT2D eigenvalue weighted by Gasteiger charge is 2.14. The first-order chi connectivity index (χ1) is 14.6. The monoisotopic (exact) mass is 417 g/mol. The van der Waals surface area contributed by atoms with Crippen molar-refractivity contribution in [3.05, 3.63) is 59.7 Å². The molecule has 0 saturated carbocycles. The Kier molecular flexibility index (Phi) is 5.55. The molecule has 0 aliphatic carbocycles. The van der Waals surface area contributed by atoms with E-state index >= 15 is 0 Å². The number of hydrogen-bond acceptors (Lipinski definition) is 6. The summed E-state index contributed by atoms with van der Waals surface area (Å²) in [5.41, 5.74) is 4.37. The lowest BCUT2D eigenvalue weighted by molar-refractivity contribution is -0.113. The average Bonchev–Trinajstić information content (AvgIpc) is 3.16. The minimum atomic E-state index is -0.140. The number of nitrogens with zero attached hydrogens (tertiary/aromatic N) is 4. The molecule has 0 bridgehead atoms. The second-order valence-corrected chi connectivity index (χ2v) is 7.70. The Balaban J connectivity index is 1.54. The molecule has 0 unspecified atom stereocenters. The number of carbonyl (C=O) groups excluding carboxylic acids is 1. The molecule has 0 aliphatic heterocycles. The van der Waals surface area contributed by atoms with Crippen LogP contribution in [0.4, 0.5) is 5.69 Å². The van der Waals surface area contributed by atoms with Gasteiger partial charge in [0, 0.05) is 17.1 Å². The van der Waals surface area contributed by atoms with Gasteiger partial charge in [-0.3, -0.25) is 9.20 Å². The number of aromatic nitrogens is 3. The Morgan fingerprint density at radius 2 is 2.00 bits per heavy atom. The number of thioether (sulfide) groups is 1. The molecular formula is C22H19N5O2S. The number of ether oxygens (including phenoxy) is 1. The highest BCUT2D eigenvalue weighted by molar-refractivity contribution is 7.99. The van der Waals surface area contributed by atoms with Crippen LogP contribution in [0, 0.1) is 18.3 Å². The second-order valence-electron chi connectivity index (χ2n) is 6.76. The summed E-state index contributed by atoms with van der Waals surface area (Å²) < 4.78 is 7.32. The molecule has 8 heteroatoms. The third-order valence-corrected chi connectivity index (χ3v) is 5.66. The predicted molar refractivity (Wildman–Crippen MR) is 117 cm³/mol. The molecule has 7 nitrogen and oxygen atoms in total. The fourth-order valence-electron chi connectivity index (χ4n) is 3.25. The maximum absolute atomic E-state index is 12.4. The maximum Gasteiger partial charge on any atom is 0.234 e. The quantitative estimate of drug-likeness (QED) is 0.477. The van der Waals surface area contributed by atoms with Gasteiger partial charge >= 0.3 is 0 Å². The molecule has 0 saturated heterocycles. The minimum absolute atomic E-state index is 0.140. The van der Waals surface area contributed by atoms with Crippen LogP contribution in [0.25, 0.3) is 16.6 Å². The van der Waals surface area contributed by atoms with Gasteiger partial charge in [0.15, 0.2) is 10.8 Å². The van der Waals surface area contributed by atoms with Gasteiger partial charge in [-0.25, -0.2) is 0 Å². The zero-order chi connectivity index (χ0) is 21.1. The molecule has 0 fully saturated rings. The van der Waals surface area contributed by atoms with E-state index in [9.17, 15) is 4.79 Å². The lowest BCUT2D eigenvalue weighted by atomic mass is 10.1. The van der Waals surface area contributed by atoms with Crippen LogP contribution in [0.3, 0.4) is 0 Å². The predicted octanol–water partition coefficient (Wildman–Crippen LogP) is 4.00. The van der Waals surface area contributed by atoms with Gasteiger partial charge in [-0.15, -0.1) is 10.2 Å². The van der Waals surface area contributed by atoms with Crippen molar-refractivity contribution in [1.82, 2.24) is 14.6 Å². The standard InChI is InChI=1S/C22H19N5O2S/c1-14-11-20-25-26-22(27(20)19-12-17(29-2)7-8-18(14)19)30-13-21(28)24-16-5-3-15(4-6-16)9-10-23/h3-8,11-12H,9,13H2,1-2H3,(H,24,28). The van der Waals surface area contributed by atoms with Crippen LogP contribution in [0.1, 0.15) is 11.1 Å². The van der Waals surface area contributed by atoms with Crippen molar-refractivity contribution in [3.8, 4) is 11.8 Å². The van der Waals surface area contributed by atoms with E-state index in [1.165, 1.54) is 11.8 Å². The Labute approximate surface area is 177 Å². The summed E-state index contributed by atoms with van der Waals surface area (Å²) in [6.45, 7) is 2.03. The van der Waals surface area contributed by atoms with E-state index in [2.05, 4.69) is 21.6 Å². The molecule has 1 N–H and O–H groups in total. The smallest absolute Gasteiger partial charge is 0.234 e. The van der Waals surface area contributed by atoms with E-state index in [0.717, 1.165) is 33.4 Å². The fraction of sp³-hybridized carbons (Fsp3) is 0.182. The zero-order valence-electron chi connectivity index (χ0n) is 16.5. The highest BCUT2D eigenvalue weighted by Crippen LogP contribution is 2.28. The van der Waals surface area contributed by atoms with Gasteiger partial charge in [0.1, 0.15) is 5.75 Å². The van der Waals surface area contributed by atoms with Gasteiger partial charge < -0.3 is 10.1 Å².